The van der Waals surface area contributed by atoms with Crippen molar-refractivity contribution in [2.75, 3.05) is 27.9 Å². The van der Waals surface area contributed by atoms with Gasteiger partial charge in [0.15, 0.2) is 11.6 Å². The molecule has 0 aromatic rings. The van der Waals surface area contributed by atoms with Crippen LogP contribution in [0.3, 0.4) is 0 Å². The number of allylic oxidation sites excluding steroid dienone is 8. The van der Waals surface area contributed by atoms with E-state index in [0.717, 1.165) is 29.7 Å². The van der Waals surface area contributed by atoms with Gasteiger partial charge in [0.1, 0.15) is 18.2 Å². The zero-order valence-corrected chi connectivity index (χ0v) is 40.5. The molecule has 0 bridgehead atoms. The highest BCUT2D eigenvalue weighted by Crippen LogP contribution is 2.37. The minimum atomic E-state index is -2.38. The number of carbonyl (C=O) groups is 5. The van der Waals surface area contributed by atoms with E-state index in [0.29, 0.717) is 56.4 Å². The van der Waals surface area contributed by atoms with Gasteiger partial charge in [-0.3, -0.25) is 19.2 Å². The maximum atomic E-state index is 13.5. The topological polar surface area (TPSA) is 206 Å². The molecular formula is C51H79NO13. The molecule has 0 unspecified atom stereocenters. The minimum Gasteiger partial charge on any atom is -0.480 e. The van der Waals surface area contributed by atoms with E-state index in [9.17, 15) is 44.4 Å². The largest absolute Gasteiger partial charge is 0.480 e. The Bertz CT molecular complexity index is 1750. The molecule has 0 radical (unpaired) electrons. The van der Waals surface area contributed by atoms with Gasteiger partial charge in [-0.15, -0.1) is 0 Å². The van der Waals surface area contributed by atoms with Crippen molar-refractivity contribution in [3.63, 3.8) is 0 Å². The molecule has 14 atom stereocenters. The number of hydrogen-bond acceptors (Lipinski definition) is 12. The second kappa shape index (κ2) is 26.6. The average molecular weight is 914 g/mol. The molecule has 14 nitrogen and oxygen atoms in total. The molecule has 0 aromatic carbocycles. The SMILES string of the molecule is CO[C@@H](C[C@@H]1CC[C@@H](C)[C@](O)(C(=O)C(=O)N2CCCC[C@H]2C(=O)O)O1)/C(C)=C/C=C/C=C/[C@@H](C)C[C@@H](C)C(=O)[C@H](OC)[C@H](O)/C(C)=C/[C@@H](C)C(=O)C=C[C@H](C)C[C@@H]1CC[C@@H](O)[C@H](OC)C1. The number of Topliss-reactive ketones (excluding diaryl/α,β-unsaturated/α-hetero) is 2. The molecule has 2 heterocycles. The maximum Gasteiger partial charge on any atom is 0.326 e. The van der Waals surface area contributed by atoms with Crippen molar-refractivity contribution in [1.82, 2.24) is 4.90 Å². The molecule has 2 saturated heterocycles. The summed E-state index contributed by atoms with van der Waals surface area (Å²) in [6, 6.07) is -1.12. The van der Waals surface area contributed by atoms with Crippen molar-refractivity contribution in [3.05, 3.63) is 59.8 Å². The van der Waals surface area contributed by atoms with E-state index in [2.05, 4.69) is 6.92 Å². The number of amides is 1. The lowest BCUT2D eigenvalue weighted by Crippen LogP contribution is -2.60. The van der Waals surface area contributed by atoms with Gasteiger partial charge in [-0.1, -0.05) is 77.2 Å². The van der Waals surface area contributed by atoms with Crippen LogP contribution in [-0.2, 0) is 42.9 Å². The number of nitrogens with zero attached hydrogens (tertiary/aromatic N) is 1. The number of aliphatic carboxylic acids is 1. The third kappa shape index (κ3) is 16.0. The zero-order chi connectivity index (χ0) is 48.6. The summed E-state index contributed by atoms with van der Waals surface area (Å²) in [5, 5.41) is 42.4. The van der Waals surface area contributed by atoms with Gasteiger partial charge in [0.2, 0.25) is 5.79 Å². The zero-order valence-electron chi connectivity index (χ0n) is 40.5. The Kier molecular flexibility index (Phi) is 22.8. The predicted octanol–water partition coefficient (Wildman–Crippen LogP) is 6.51. The summed E-state index contributed by atoms with van der Waals surface area (Å²) in [5.74, 6) is -7.06. The van der Waals surface area contributed by atoms with Crippen molar-refractivity contribution >= 4 is 29.2 Å². The van der Waals surface area contributed by atoms with E-state index in [1.807, 2.05) is 57.2 Å². The molecule has 1 amide bonds. The fourth-order valence-corrected chi connectivity index (χ4v) is 9.48. The highest BCUT2D eigenvalue weighted by Gasteiger charge is 2.52. The van der Waals surface area contributed by atoms with E-state index >= 15 is 0 Å². The summed E-state index contributed by atoms with van der Waals surface area (Å²) in [5.41, 5.74) is 1.35. The van der Waals surface area contributed by atoms with E-state index in [1.165, 1.54) is 7.11 Å². The smallest absolute Gasteiger partial charge is 0.326 e. The first kappa shape index (κ1) is 55.7. The number of ketones is 3. The van der Waals surface area contributed by atoms with Gasteiger partial charge in [0.25, 0.3) is 11.7 Å². The Morgan fingerprint density at radius 3 is 2.22 bits per heavy atom. The molecule has 0 aromatic heterocycles. The van der Waals surface area contributed by atoms with Gasteiger partial charge in [-0.2, -0.15) is 0 Å². The van der Waals surface area contributed by atoms with Gasteiger partial charge in [0.05, 0.1) is 24.4 Å². The number of hydrogen-bond donors (Lipinski definition) is 4. The van der Waals surface area contributed by atoms with Crippen molar-refractivity contribution < 1.29 is 63.3 Å². The third-order valence-corrected chi connectivity index (χ3v) is 13.7. The quantitative estimate of drug-likeness (QED) is 0.0353. The van der Waals surface area contributed by atoms with Crippen LogP contribution >= 0.6 is 0 Å². The Labute approximate surface area is 387 Å². The molecule has 65 heavy (non-hydrogen) atoms. The fraction of sp³-hybridized carbons (Fsp3) is 0.706. The summed E-state index contributed by atoms with van der Waals surface area (Å²) < 4.78 is 22.7. The van der Waals surface area contributed by atoms with Crippen LogP contribution in [0, 0.1) is 35.5 Å². The standard InChI is InChI=1S/C51H79NO13/c1-31(26-35(5)45(55)47(64-10)46(56)36(6)28-34(4)41(53)23-19-32(2)27-38-21-24-42(54)44(29-38)63-9)16-12-11-13-17-33(3)43(62-8)30-39-22-20-37(7)51(61,65-39)48(57)49(58)52-25-15-14-18-40(52)50(59)60/h11-13,16-17,19,23,28,31-32,34-35,37-40,42-44,46-47,54,56,61H,14-15,18,20-22,24-27,29-30H2,1-10H3,(H,59,60)/b13-11+,16-12+,23-19?,33-17+,36-28+/t31-,32+,34-,35-,37-,38+,39+,40+,42-,43+,44-,46-,47+,51-/m1/s1. The first-order valence-corrected chi connectivity index (χ1v) is 23.6. The Morgan fingerprint density at radius 1 is 0.862 bits per heavy atom. The van der Waals surface area contributed by atoms with Crippen LogP contribution in [0.5, 0.6) is 0 Å². The number of aliphatic hydroxyl groups is 3. The summed E-state index contributed by atoms with van der Waals surface area (Å²) in [4.78, 5) is 66.1. The van der Waals surface area contributed by atoms with Crippen molar-refractivity contribution in [3.8, 4) is 0 Å². The number of piperidine rings is 1. The number of methoxy groups -OCH3 is 3. The summed E-state index contributed by atoms with van der Waals surface area (Å²) in [6.07, 6.45) is 17.4. The summed E-state index contributed by atoms with van der Waals surface area (Å²) in [6.45, 7) is 13.0. The van der Waals surface area contributed by atoms with Crippen LogP contribution in [0.25, 0.3) is 0 Å². The van der Waals surface area contributed by atoms with Gasteiger partial charge in [0, 0.05) is 52.0 Å². The fourth-order valence-electron chi connectivity index (χ4n) is 9.48. The lowest BCUT2D eigenvalue weighted by atomic mass is 9.80. The second-order valence-electron chi connectivity index (χ2n) is 19.0. The van der Waals surface area contributed by atoms with Crippen LogP contribution in [0.1, 0.15) is 119 Å². The summed E-state index contributed by atoms with van der Waals surface area (Å²) >= 11 is 0. The number of rotatable bonds is 24. The Balaban J connectivity index is 1.51. The second-order valence-corrected chi connectivity index (χ2v) is 19.0. The van der Waals surface area contributed by atoms with Crippen LogP contribution in [-0.4, -0.2) is 131 Å². The first-order valence-electron chi connectivity index (χ1n) is 23.6. The van der Waals surface area contributed by atoms with Crippen LogP contribution in [0.15, 0.2) is 59.8 Å². The van der Waals surface area contributed by atoms with Gasteiger partial charge < -0.3 is 44.3 Å². The Morgan fingerprint density at radius 2 is 1.57 bits per heavy atom. The first-order chi connectivity index (χ1) is 30.7. The van der Waals surface area contributed by atoms with Crippen molar-refractivity contribution in [1.29, 1.82) is 0 Å². The number of carboxylic acids is 1. The third-order valence-electron chi connectivity index (χ3n) is 13.7. The van der Waals surface area contributed by atoms with E-state index < -0.39 is 77.8 Å². The van der Waals surface area contributed by atoms with Crippen LogP contribution in [0.2, 0.25) is 0 Å². The minimum absolute atomic E-state index is 0.0173. The lowest BCUT2D eigenvalue weighted by molar-refractivity contribution is -0.265. The van der Waals surface area contributed by atoms with Crippen molar-refractivity contribution in [2.24, 2.45) is 35.5 Å². The summed E-state index contributed by atoms with van der Waals surface area (Å²) in [7, 11) is 4.58. The number of carboxylic acid groups (broad SMARTS) is 1. The molecular weight excluding hydrogens is 835 g/mol. The van der Waals surface area contributed by atoms with Crippen molar-refractivity contribution in [2.45, 2.75) is 168 Å². The Hall–Kier alpha value is -3.63. The van der Waals surface area contributed by atoms with Gasteiger partial charge in [-0.25, -0.2) is 4.79 Å². The molecule has 2 aliphatic heterocycles. The van der Waals surface area contributed by atoms with Gasteiger partial charge in [-0.05, 0) is 113 Å². The van der Waals surface area contributed by atoms with E-state index in [4.69, 9.17) is 18.9 Å². The number of carbonyl (C=O) groups excluding carboxylic acids is 4. The molecule has 1 saturated carbocycles. The number of likely N-dealkylation sites (tertiary alicyclic amines) is 1. The molecule has 366 valence electrons. The van der Waals surface area contributed by atoms with E-state index in [1.54, 1.807) is 47.1 Å². The molecule has 4 N–H and O–H groups in total. The normalized spacial score (nSPS) is 29.3. The molecule has 3 aliphatic rings. The monoisotopic (exact) mass is 914 g/mol. The highest BCUT2D eigenvalue weighted by atomic mass is 16.6. The molecule has 3 fully saturated rings. The average Bonchev–Trinajstić information content (AvgIpc) is 3.28. The number of aliphatic hydroxyl groups excluding tert-OH is 2. The molecule has 1 aliphatic carbocycles. The van der Waals surface area contributed by atoms with E-state index in [-0.39, 0.29) is 42.5 Å². The maximum absolute atomic E-state index is 13.5. The predicted molar refractivity (Wildman–Crippen MR) is 247 cm³/mol. The van der Waals surface area contributed by atoms with Gasteiger partial charge >= 0.3 is 5.97 Å². The molecule has 0 spiro atoms. The lowest BCUT2D eigenvalue weighted by Gasteiger charge is -2.42. The molecule has 3 rings (SSSR count). The number of ether oxygens (including phenoxy) is 4. The van der Waals surface area contributed by atoms with Crippen LogP contribution in [0.4, 0.5) is 0 Å². The highest BCUT2D eigenvalue weighted by molar-refractivity contribution is 6.39. The molecule has 14 heteroatoms. The van der Waals surface area contributed by atoms with Crippen LogP contribution < -0.4 is 0 Å².